The molecule has 0 fully saturated rings. The number of aliphatic carboxylic acids is 1. The van der Waals surface area contributed by atoms with Crippen molar-refractivity contribution in [3.05, 3.63) is 17.0 Å². The topological polar surface area (TPSA) is 92.4 Å². The van der Waals surface area contributed by atoms with Crippen molar-refractivity contribution in [3.8, 4) is 0 Å². The van der Waals surface area contributed by atoms with E-state index in [4.69, 9.17) is 9.63 Å². The number of hydrogen-bond acceptors (Lipinski definition) is 4. The van der Waals surface area contributed by atoms with Gasteiger partial charge in [0, 0.05) is 24.9 Å². The Balaban J connectivity index is 2.11. The van der Waals surface area contributed by atoms with E-state index in [0.29, 0.717) is 25.8 Å². The van der Waals surface area contributed by atoms with Crippen LogP contribution in [0.5, 0.6) is 0 Å². The summed E-state index contributed by atoms with van der Waals surface area (Å²) in [4.78, 5) is 22.0. The van der Waals surface area contributed by atoms with Crippen LogP contribution in [0.1, 0.15) is 49.1 Å². The summed E-state index contributed by atoms with van der Waals surface area (Å²) >= 11 is 0. The first-order valence-electron chi connectivity index (χ1n) is 6.91. The lowest BCUT2D eigenvalue weighted by Gasteiger charge is -2.04. The largest absolute Gasteiger partial charge is 0.481 e. The first-order chi connectivity index (χ1) is 9.50. The highest BCUT2D eigenvalue weighted by molar-refractivity contribution is 5.76. The van der Waals surface area contributed by atoms with Crippen LogP contribution in [0.2, 0.25) is 0 Å². The monoisotopic (exact) mass is 282 g/mol. The third-order valence-corrected chi connectivity index (χ3v) is 3.17. The van der Waals surface area contributed by atoms with Crippen molar-refractivity contribution in [2.75, 3.05) is 6.54 Å². The lowest BCUT2D eigenvalue weighted by molar-refractivity contribution is -0.137. The number of aromatic nitrogens is 1. The number of carbonyl (C=O) groups excluding carboxylic acids is 1. The van der Waals surface area contributed by atoms with E-state index in [1.165, 1.54) is 0 Å². The van der Waals surface area contributed by atoms with E-state index in [-0.39, 0.29) is 12.3 Å². The Morgan fingerprint density at radius 3 is 2.55 bits per heavy atom. The highest BCUT2D eigenvalue weighted by atomic mass is 16.5. The number of carboxylic acids is 1. The fraction of sp³-hybridized carbons (Fsp3) is 0.643. The summed E-state index contributed by atoms with van der Waals surface area (Å²) in [5.74, 6) is 0.000650. The van der Waals surface area contributed by atoms with Crippen LogP contribution in [0.25, 0.3) is 0 Å². The van der Waals surface area contributed by atoms with Crippen LogP contribution in [0.3, 0.4) is 0 Å². The van der Waals surface area contributed by atoms with E-state index in [1.54, 1.807) is 0 Å². The van der Waals surface area contributed by atoms with Gasteiger partial charge in [-0.3, -0.25) is 9.59 Å². The Labute approximate surface area is 118 Å². The number of nitrogens with one attached hydrogen (secondary N) is 1. The second-order valence-corrected chi connectivity index (χ2v) is 4.86. The molecular weight excluding hydrogens is 260 g/mol. The summed E-state index contributed by atoms with van der Waals surface area (Å²) in [5, 5.41) is 15.2. The molecule has 0 aliphatic heterocycles. The van der Waals surface area contributed by atoms with Gasteiger partial charge in [-0.2, -0.15) is 0 Å². The smallest absolute Gasteiger partial charge is 0.303 e. The molecule has 0 radical (unpaired) electrons. The summed E-state index contributed by atoms with van der Waals surface area (Å²) < 4.78 is 5.04. The van der Waals surface area contributed by atoms with Crippen molar-refractivity contribution in [2.45, 2.75) is 52.4 Å². The molecule has 0 saturated heterocycles. The van der Waals surface area contributed by atoms with Crippen LogP contribution in [-0.2, 0) is 16.0 Å². The lowest BCUT2D eigenvalue weighted by Crippen LogP contribution is -2.24. The summed E-state index contributed by atoms with van der Waals surface area (Å²) in [6.45, 7) is 4.31. The number of carbonyl (C=O) groups is 2. The van der Waals surface area contributed by atoms with Gasteiger partial charge in [0.1, 0.15) is 5.76 Å². The molecule has 0 aliphatic rings. The Morgan fingerprint density at radius 2 is 1.95 bits per heavy atom. The highest BCUT2D eigenvalue weighted by Gasteiger charge is 2.10. The van der Waals surface area contributed by atoms with E-state index >= 15 is 0 Å². The van der Waals surface area contributed by atoms with Crippen LogP contribution in [-0.4, -0.2) is 28.7 Å². The molecule has 2 N–H and O–H groups in total. The van der Waals surface area contributed by atoms with E-state index in [9.17, 15) is 9.59 Å². The van der Waals surface area contributed by atoms with Crippen molar-refractivity contribution in [1.82, 2.24) is 10.5 Å². The second kappa shape index (κ2) is 8.35. The number of carboxylic acid groups (broad SMARTS) is 1. The molecule has 1 rings (SSSR count). The minimum atomic E-state index is -0.770. The van der Waals surface area contributed by atoms with Crippen molar-refractivity contribution in [2.24, 2.45) is 0 Å². The molecule has 1 aromatic heterocycles. The van der Waals surface area contributed by atoms with Crippen molar-refractivity contribution < 1.29 is 19.2 Å². The van der Waals surface area contributed by atoms with Crippen LogP contribution in [0, 0.1) is 13.8 Å². The van der Waals surface area contributed by atoms with Crippen LogP contribution >= 0.6 is 0 Å². The van der Waals surface area contributed by atoms with Crippen LogP contribution in [0.15, 0.2) is 4.52 Å². The molecule has 0 spiro atoms. The van der Waals surface area contributed by atoms with E-state index in [2.05, 4.69) is 10.5 Å². The van der Waals surface area contributed by atoms with Gasteiger partial charge in [-0.15, -0.1) is 0 Å². The molecule has 0 aromatic carbocycles. The van der Waals surface area contributed by atoms with E-state index in [0.717, 1.165) is 29.9 Å². The zero-order valence-electron chi connectivity index (χ0n) is 12.1. The standard InChI is InChI=1S/C14H22N2O4/c1-10-12(11(2)20-16-10)7-8-13(17)15-9-5-3-4-6-14(18)19/h3-9H2,1-2H3,(H,15,17)(H,18,19). The Hall–Kier alpha value is -1.85. The fourth-order valence-corrected chi connectivity index (χ4v) is 1.99. The van der Waals surface area contributed by atoms with Crippen molar-refractivity contribution in [3.63, 3.8) is 0 Å². The van der Waals surface area contributed by atoms with Gasteiger partial charge in [0.2, 0.25) is 5.91 Å². The second-order valence-electron chi connectivity index (χ2n) is 4.86. The van der Waals surface area contributed by atoms with Gasteiger partial charge < -0.3 is 14.9 Å². The normalized spacial score (nSPS) is 10.5. The molecule has 6 nitrogen and oxygen atoms in total. The van der Waals surface area contributed by atoms with Gasteiger partial charge in [-0.05, 0) is 33.1 Å². The third kappa shape index (κ3) is 5.86. The van der Waals surface area contributed by atoms with Crippen molar-refractivity contribution in [1.29, 1.82) is 0 Å². The maximum Gasteiger partial charge on any atom is 0.303 e. The molecule has 0 saturated carbocycles. The Kier molecular flexibility index (Phi) is 6.76. The van der Waals surface area contributed by atoms with Gasteiger partial charge in [0.25, 0.3) is 0 Å². The number of amides is 1. The summed E-state index contributed by atoms with van der Waals surface area (Å²) in [6, 6.07) is 0. The van der Waals surface area contributed by atoms with Crippen molar-refractivity contribution >= 4 is 11.9 Å². The van der Waals surface area contributed by atoms with Crippen LogP contribution < -0.4 is 5.32 Å². The highest BCUT2D eigenvalue weighted by Crippen LogP contribution is 2.14. The predicted octanol–water partition coefficient (Wildman–Crippen LogP) is 1.99. The zero-order valence-corrected chi connectivity index (χ0v) is 12.1. The van der Waals surface area contributed by atoms with Gasteiger partial charge in [-0.1, -0.05) is 11.6 Å². The molecule has 20 heavy (non-hydrogen) atoms. The predicted molar refractivity (Wildman–Crippen MR) is 73.4 cm³/mol. The number of nitrogens with zero attached hydrogens (tertiary/aromatic N) is 1. The molecular formula is C14H22N2O4. The van der Waals surface area contributed by atoms with Gasteiger partial charge in [-0.25, -0.2) is 0 Å². The zero-order chi connectivity index (χ0) is 15.0. The summed E-state index contributed by atoms with van der Waals surface area (Å²) in [5.41, 5.74) is 1.84. The molecule has 1 amide bonds. The Morgan fingerprint density at radius 1 is 1.20 bits per heavy atom. The van der Waals surface area contributed by atoms with Gasteiger partial charge in [0.15, 0.2) is 0 Å². The third-order valence-electron chi connectivity index (χ3n) is 3.17. The molecule has 1 aromatic rings. The molecule has 0 bridgehead atoms. The quantitative estimate of drug-likeness (QED) is 0.676. The molecule has 0 unspecified atom stereocenters. The first kappa shape index (κ1) is 16.2. The number of unbranched alkanes of at least 4 members (excludes halogenated alkanes) is 2. The summed E-state index contributed by atoms with van der Waals surface area (Å²) in [6.07, 6.45) is 3.52. The average molecular weight is 282 g/mol. The average Bonchev–Trinajstić information content (AvgIpc) is 2.70. The van der Waals surface area contributed by atoms with E-state index in [1.807, 2.05) is 13.8 Å². The molecule has 0 aliphatic carbocycles. The number of hydrogen-bond donors (Lipinski definition) is 2. The first-order valence-corrected chi connectivity index (χ1v) is 6.91. The number of aryl methyl sites for hydroxylation is 2. The molecule has 112 valence electrons. The fourth-order valence-electron chi connectivity index (χ4n) is 1.99. The molecule has 1 heterocycles. The van der Waals surface area contributed by atoms with E-state index < -0.39 is 5.97 Å². The van der Waals surface area contributed by atoms with Crippen LogP contribution in [0.4, 0.5) is 0 Å². The lowest BCUT2D eigenvalue weighted by atomic mass is 10.1. The maximum absolute atomic E-state index is 11.6. The summed E-state index contributed by atoms with van der Waals surface area (Å²) in [7, 11) is 0. The molecule has 6 heteroatoms. The molecule has 0 atom stereocenters. The SMILES string of the molecule is Cc1noc(C)c1CCC(=O)NCCCCCC(=O)O. The minimum Gasteiger partial charge on any atom is -0.481 e. The Bertz CT molecular complexity index is 435. The van der Waals surface area contributed by atoms with Gasteiger partial charge >= 0.3 is 5.97 Å². The van der Waals surface area contributed by atoms with Gasteiger partial charge in [0.05, 0.1) is 5.69 Å². The number of rotatable bonds is 9. The maximum atomic E-state index is 11.6. The minimum absolute atomic E-state index is 0.00299.